The molecule has 120 valence electrons. The molecule has 2 aromatic carbocycles. The number of aryl methyl sites for hydroxylation is 1. The smallest absolute Gasteiger partial charge is 0.231 e. The molecule has 1 aliphatic rings. The molecule has 2 N–H and O–H groups in total. The molecule has 23 heavy (non-hydrogen) atoms. The van der Waals surface area contributed by atoms with Crippen LogP contribution in [0.3, 0.4) is 0 Å². The second-order valence-electron chi connectivity index (χ2n) is 5.18. The minimum Gasteiger partial charge on any atom is -0.454 e. The molecule has 0 atom stereocenters. The summed E-state index contributed by atoms with van der Waals surface area (Å²) in [7, 11) is 0. The summed E-state index contributed by atoms with van der Waals surface area (Å²) in [5, 5.41) is 7.71. The number of nitrogens with one attached hydrogen (secondary N) is 2. The van der Waals surface area contributed by atoms with Crippen molar-refractivity contribution in [3.63, 3.8) is 0 Å². The molecule has 0 saturated heterocycles. The Bertz CT molecular complexity index is 691. The number of rotatable bonds is 5. The number of benzene rings is 2. The van der Waals surface area contributed by atoms with Crippen LogP contribution in [-0.2, 0) is 6.42 Å². The number of hydrogen-bond donors (Lipinski definition) is 2. The van der Waals surface area contributed by atoms with E-state index in [1.165, 1.54) is 5.56 Å². The molecule has 0 aromatic heterocycles. The maximum Gasteiger partial charge on any atom is 0.231 e. The fourth-order valence-corrected chi connectivity index (χ4v) is 2.64. The molecule has 0 radical (unpaired) electrons. The SMILES string of the molecule is S=C(NCCCc1ccc(Cl)cc1)Nc1ccc2c(c1)OCO2. The van der Waals surface area contributed by atoms with Gasteiger partial charge in [-0.1, -0.05) is 23.7 Å². The van der Waals surface area contributed by atoms with Crippen LogP contribution in [0.15, 0.2) is 42.5 Å². The van der Waals surface area contributed by atoms with Gasteiger partial charge in [-0.15, -0.1) is 0 Å². The quantitative estimate of drug-likeness (QED) is 0.631. The van der Waals surface area contributed by atoms with Gasteiger partial charge in [0.1, 0.15) is 0 Å². The van der Waals surface area contributed by atoms with Crippen LogP contribution >= 0.6 is 23.8 Å². The van der Waals surface area contributed by atoms with Crippen molar-refractivity contribution in [1.82, 2.24) is 5.32 Å². The number of fused-ring (bicyclic) bond motifs is 1. The van der Waals surface area contributed by atoms with Crippen LogP contribution in [0.2, 0.25) is 5.02 Å². The molecule has 0 fully saturated rings. The lowest BCUT2D eigenvalue weighted by molar-refractivity contribution is 0.174. The molecule has 0 bridgehead atoms. The Balaban J connectivity index is 1.40. The molecular weight excluding hydrogens is 332 g/mol. The highest BCUT2D eigenvalue weighted by molar-refractivity contribution is 7.80. The highest BCUT2D eigenvalue weighted by atomic mass is 35.5. The van der Waals surface area contributed by atoms with Gasteiger partial charge in [-0.2, -0.15) is 0 Å². The predicted molar refractivity (Wildman–Crippen MR) is 96.6 cm³/mol. The van der Waals surface area contributed by atoms with Gasteiger partial charge >= 0.3 is 0 Å². The lowest BCUT2D eigenvalue weighted by Gasteiger charge is -2.11. The highest BCUT2D eigenvalue weighted by Gasteiger charge is 2.13. The minimum atomic E-state index is 0.270. The van der Waals surface area contributed by atoms with E-state index in [0.717, 1.165) is 41.6 Å². The Morgan fingerprint density at radius 1 is 1.09 bits per heavy atom. The van der Waals surface area contributed by atoms with E-state index in [1.807, 2.05) is 42.5 Å². The van der Waals surface area contributed by atoms with Crippen molar-refractivity contribution >= 4 is 34.6 Å². The monoisotopic (exact) mass is 348 g/mol. The Hall–Kier alpha value is -1.98. The Labute approximate surface area is 145 Å². The Kier molecular flexibility index (Phi) is 5.20. The van der Waals surface area contributed by atoms with Gasteiger partial charge in [-0.25, -0.2) is 0 Å². The first-order valence-corrected chi connectivity index (χ1v) is 8.18. The Morgan fingerprint density at radius 2 is 1.87 bits per heavy atom. The van der Waals surface area contributed by atoms with Gasteiger partial charge in [-0.3, -0.25) is 0 Å². The number of halogens is 1. The molecule has 0 saturated carbocycles. The zero-order valence-electron chi connectivity index (χ0n) is 12.5. The van der Waals surface area contributed by atoms with Crippen LogP contribution in [0.25, 0.3) is 0 Å². The number of anilines is 1. The van der Waals surface area contributed by atoms with Crippen LogP contribution in [-0.4, -0.2) is 18.5 Å². The van der Waals surface area contributed by atoms with E-state index in [-0.39, 0.29) is 6.79 Å². The largest absolute Gasteiger partial charge is 0.454 e. The van der Waals surface area contributed by atoms with E-state index < -0.39 is 0 Å². The third-order valence-electron chi connectivity index (χ3n) is 3.47. The highest BCUT2D eigenvalue weighted by Crippen LogP contribution is 2.34. The van der Waals surface area contributed by atoms with Crippen molar-refractivity contribution < 1.29 is 9.47 Å². The van der Waals surface area contributed by atoms with Crippen LogP contribution < -0.4 is 20.1 Å². The average molecular weight is 349 g/mol. The molecule has 0 aliphatic carbocycles. The number of hydrogen-bond acceptors (Lipinski definition) is 3. The maximum absolute atomic E-state index is 5.87. The summed E-state index contributed by atoms with van der Waals surface area (Å²) in [5.41, 5.74) is 2.15. The van der Waals surface area contributed by atoms with E-state index in [2.05, 4.69) is 10.6 Å². The van der Waals surface area contributed by atoms with Crippen molar-refractivity contribution in [2.75, 3.05) is 18.7 Å². The third-order valence-corrected chi connectivity index (χ3v) is 3.97. The van der Waals surface area contributed by atoms with Crippen molar-refractivity contribution in [2.45, 2.75) is 12.8 Å². The lowest BCUT2D eigenvalue weighted by atomic mass is 10.1. The van der Waals surface area contributed by atoms with E-state index in [1.54, 1.807) is 0 Å². The molecule has 1 heterocycles. The van der Waals surface area contributed by atoms with Crippen molar-refractivity contribution in [1.29, 1.82) is 0 Å². The third kappa shape index (κ3) is 4.50. The van der Waals surface area contributed by atoms with Crippen LogP contribution in [0.4, 0.5) is 5.69 Å². The summed E-state index contributed by atoms with van der Waals surface area (Å²) < 4.78 is 10.6. The standard InChI is InChI=1S/C17H17ClN2O2S/c18-13-5-3-12(4-6-13)2-1-9-19-17(23)20-14-7-8-15-16(10-14)22-11-21-15/h3-8,10H,1-2,9,11H2,(H2,19,20,23). The fraction of sp³-hybridized carbons (Fsp3) is 0.235. The summed E-state index contributed by atoms with van der Waals surface area (Å²) in [5.74, 6) is 1.50. The van der Waals surface area contributed by atoms with E-state index >= 15 is 0 Å². The average Bonchev–Trinajstić information content (AvgIpc) is 3.01. The molecule has 3 rings (SSSR count). The van der Waals surface area contributed by atoms with Gasteiger partial charge in [0.2, 0.25) is 6.79 Å². The van der Waals surface area contributed by atoms with E-state index in [0.29, 0.717) is 5.11 Å². The predicted octanol–water partition coefficient (Wildman–Crippen LogP) is 3.99. The van der Waals surface area contributed by atoms with Gasteiger partial charge in [0, 0.05) is 23.3 Å². The van der Waals surface area contributed by atoms with Crippen LogP contribution in [0.5, 0.6) is 11.5 Å². The first kappa shape index (κ1) is 15.9. The van der Waals surface area contributed by atoms with Gasteiger partial charge < -0.3 is 20.1 Å². The molecule has 0 amide bonds. The van der Waals surface area contributed by atoms with E-state index in [9.17, 15) is 0 Å². The Morgan fingerprint density at radius 3 is 2.70 bits per heavy atom. The normalized spacial score (nSPS) is 12.0. The van der Waals surface area contributed by atoms with Crippen molar-refractivity contribution in [2.24, 2.45) is 0 Å². The fourth-order valence-electron chi connectivity index (χ4n) is 2.30. The van der Waals surface area contributed by atoms with Crippen molar-refractivity contribution in [3.05, 3.63) is 53.1 Å². The second kappa shape index (κ2) is 7.53. The zero-order chi connectivity index (χ0) is 16.1. The number of ether oxygens (including phenoxy) is 2. The molecule has 4 nitrogen and oxygen atoms in total. The van der Waals surface area contributed by atoms with E-state index in [4.69, 9.17) is 33.3 Å². The second-order valence-corrected chi connectivity index (χ2v) is 6.02. The van der Waals surface area contributed by atoms with Crippen molar-refractivity contribution in [3.8, 4) is 11.5 Å². The van der Waals surface area contributed by atoms with Crippen LogP contribution in [0.1, 0.15) is 12.0 Å². The molecule has 0 spiro atoms. The summed E-state index contributed by atoms with van der Waals surface area (Å²) >= 11 is 11.2. The zero-order valence-corrected chi connectivity index (χ0v) is 14.0. The topological polar surface area (TPSA) is 42.5 Å². The lowest BCUT2D eigenvalue weighted by Crippen LogP contribution is -2.29. The number of thiocarbonyl (C=S) groups is 1. The van der Waals surface area contributed by atoms with Gasteiger partial charge in [0.25, 0.3) is 0 Å². The van der Waals surface area contributed by atoms with Gasteiger partial charge in [0.05, 0.1) is 0 Å². The van der Waals surface area contributed by atoms with Crippen LogP contribution in [0, 0.1) is 0 Å². The first-order chi connectivity index (χ1) is 11.2. The summed E-state index contributed by atoms with van der Waals surface area (Å²) in [4.78, 5) is 0. The van der Waals surface area contributed by atoms with Gasteiger partial charge in [0.15, 0.2) is 16.6 Å². The maximum atomic E-state index is 5.87. The molecule has 0 unspecified atom stereocenters. The molecule has 6 heteroatoms. The molecule has 1 aliphatic heterocycles. The van der Waals surface area contributed by atoms with Gasteiger partial charge in [-0.05, 0) is 54.9 Å². The molecular formula is C17H17ClN2O2S. The minimum absolute atomic E-state index is 0.270. The summed E-state index contributed by atoms with van der Waals surface area (Å²) in [6.45, 7) is 1.07. The summed E-state index contributed by atoms with van der Waals surface area (Å²) in [6.07, 6.45) is 1.97. The summed E-state index contributed by atoms with van der Waals surface area (Å²) in [6, 6.07) is 13.6. The first-order valence-electron chi connectivity index (χ1n) is 7.40. The molecule has 2 aromatic rings.